The van der Waals surface area contributed by atoms with Crippen LogP contribution in [0, 0.1) is 11.8 Å². The number of nitrogens with zero attached hydrogens (tertiary/aromatic N) is 2. The van der Waals surface area contributed by atoms with Crippen molar-refractivity contribution >= 4 is 29.4 Å². The van der Waals surface area contributed by atoms with Crippen molar-refractivity contribution < 1.29 is 23.9 Å². The molecule has 30 heavy (non-hydrogen) atoms. The molecule has 1 aromatic rings. The first kappa shape index (κ1) is 20.3. The number of likely N-dealkylation sites (tertiary alicyclic amines) is 1. The summed E-state index contributed by atoms with van der Waals surface area (Å²) in [5.74, 6) is -1.91. The zero-order valence-corrected chi connectivity index (χ0v) is 17.2. The average molecular weight is 410 g/mol. The Morgan fingerprint density at radius 1 is 1.10 bits per heavy atom. The maximum Gasteiger partial charge on any atom is 0.308 e. The molecule has 4 atom stereocenters. The van der Waals surface area contributed by atoms with E-state index in [4.69, 9.17) is 4.74 Å². The number of ether oxygens (including phenoxy) is 1. The fraction of sp³-hybridized carbons (Fsp3) is 0.478. The molecule has 0 bridgehead atoms. The highest BCUT2D eigenvalue weighted by Crippen LogP contribution is 2.35. The Hall–Kier alpha value is -2.96. The molecule has 2 heterocycles. The Morgan fingerprint density at radius 2 is 1.73 bits per heavy atom. The van der Waals surface area contributed by atoms with E-state index in [0.29, 0.717) is 12.8 Å². The number of hydrogen-bond donors (Lipinski definition) is 0. The van der Waals surface area contributed by atoms with Gasteiger partial charge in [-0.05, 0) is 44.7 Å². The molecule has 0 N–H and O–H groups in total. The van der Waals surface area contributed by atoms with Crippen molar-refractivity contribution in [3.63, 3.8) is 0 Å². The van der Waals surface area contributed by atoms with Crippen LogP contribution in [0.25, 0.3) is 0 Å². The third-order valence-corrected chi connectivity index (χ3v) is 6.24. The van der Waals surface area contributed by atoms with Crippen molar-refractivity contribution in [3.8, 4) is 0 Å². The van der Waals surface area contributed by atoms with Crippen LogP contribution < -0.4 is 4.90 Å². The lowest BCUT2D eigenvalue weighted by molar-refractivity contribution is -0.154. The number of rotatable bonds is 5. The van der Waals surface area contributed by atoms with Gasteiger partial charge in [0, 0.05) is 18.3 Å². The molecule has 3 aliphatic rings. The summed E-state index contributed by atoms with van der Waals surface area (Å²) < 4.78 is 5.35. The zero-order valence-electron chi connectivity index (χ0n) is 17.2. The lowest BCUT2D eigenvalue weighted by Gasteiger charge is -2.26. The number of allylic oxidation sites excluding steroid dienone is 2. The minimum absolute atomic E-state index is 0.00659. The Labute approximate surface area is 175 Å². The van der Waals surface area contributed by atoms with Gasteiger partial charge in [-0.3, -0.25) is 24.1 Å². The van der Waals surface area contributed by atoms with Gasteiger partial charge in [0.05, 0.1) is 18.3 Å². The third-order valence-electron chi connectivity index (χ3n) is 6.24. The van der Waals surface area contributed by atoms with Gasteiger partial charge < -0.3 is 9.64 Å². The molecule has 0 spiro atoms. The highest BCUT2D eigenvalue weighted by atomic mass is 16.5. The first-order valence-electron chi connectivity index (χ1n) is 10.5. The first-order chi connectivity index (χ1) is 14.4. The number of benzene rings is 1. The van der Waals surface area contributed by atoms with Gasteiger partial charge in [-0.2, -0.15) is 0 Å². The predicted molar refractivity (Wildman–Crippen MR) is 109 cm³/mol. The number of hydrogen-bond acceptors (Lipinski definition) is 5. The molecule has 1 aliphatic carbocycles. The summed E-state index contributed by atoms with van der Waals surface area (Å²) in [6, 6.07) is 7.70. The van der Waals surface area contributed by atoms with Gasteiger partial charge in [0.2, 0.25) is 11.8 Å². The highest BCUT2D eigenvalue weighted by molar-refractivity contribution is 6.05. The summed E-state index contributed by atoms with van der Waals surface area (Å²) in [4.78, 5) is 53.1. The summed E-state index contributed by atoms with van der Waals surface area (Å²) in [5.41, 5.74) is 1.95. The van der Waals surface area contributed by atoms with Gasteiger partial charge in [-0.25, -0.2) is 0 Å². The summed E-state index contributed by atoms with van der Waals surface area (Å²) >= 11 is 0. The molecule has 7 heteroatoms. The van der Waals surface area contributed by atoms with E-state index in [0.717, 1.165) is 17.7 Å². The molecule has 2 aliphatic heterocycles. The second-order valence-electron chi connectivity index (χ2n) is 8.26. The fourth-order valence-electron chi connectivity index (χ4n) is 4.70. The second kappa shape index (κ2) is 8.05. The van der Waals surface area contributed by atoms with Crippen LogP contribution in [-0.4, -0.2) is 47.3 Å². The molecule has 0 saturated carbocycles. The van der Waals surface area contributed by atoms with E-state index in [1.165, 1.54) is 4.90 Å². The van der Waals surface area contributed by atoms with Gasteiger partial charge in [-0.15, -0.1) is 0 Å². The molecule has 7 nitrogen and oxygen atoms in total. The largest absolute Gasteiger partial charge is 0.452 e. The lowest BCUT2D eigenvalue weighted by atomic mass is 9.85. The molecular formula is C23H26N2O5. The van der Waals surface area contributed by atoms with E-state index >= 15 is 0 Å². The summed E-state index contributed by atoms with van der Waals surface area (Å²) in [5, 5.41) is 0. The van der Waals surface area contributed by atoms with Crippen molar-refractivity contribution in [2.45, 2.75) is 51.7 Å². The normalized spacial score (nSPS) is 25.9. The maximum absolute atomic E-state index is 12.9. The Kier molecular flexibility index (Phi) is 5.45. The quantitative estimate of drug-likeness (QED) is 0.422. The van der Waals surface area contributed by atoms with E-state index in [9.17, 15) is 19.2 Å². The summed E-state index contributed by atoms with van der Waals surface area (Å²) in [6.07, 6.45) is 4.69. The average Bonchev–Trinajstić information content (AvgIpc) is 3.19. The van der Waals surface area contributed by atoms with Gasteiger partial charge >= 0.3 is 5.97 Å². The maximum atomic E-state index is 12.9. The molecule has 0 unspecified atom stereocenters. The number of carbonyl (C=O) groups is 4. The van der Waals surface area contributed by atoms with Crippen LogP contribution in [0.1, 0.15) is 38.7 Å². The van der Waals surface area contributed by atoms with Gasteiger partial charge in [0.25, 0.3) is 5.91 Å². The zero-order chi connectivity index (χ0) is 21.4. The predicted octanol–water partition coefficient (Wildman–Crippen LogP) is 2.24. The third kappa shape index (κ3) is 3.53. The second-order valence-corrected chi connectivity index (χ2v) is 8.26. The first-order valence-corrected chi connectivity index (χ1v) is 10.5. The number of para-hydroxylation sites is 1. The lowest BCUT2D eigenvalue weighted by Crippen LogP contribution is -2.43. The van der Waals surface area contributed by atoms with Crippen LogP contribution in [0.3, 0.4) is 0 Å². The van der Waals surface area contributed by atoms with Crippen LogP contribution >= 0.6 is 0 Å². The number of fused-ring (bicyclic) bond motifs is 2. The molecule has 0 radical (unpaired) electrons. The van der Waals surface area contributed by atoms with Crippen LogP contribution in [0.4, 0.5) is 5.69 Å². The van der Waals surface area contributed by atoms with Crippen LogP contribution in [0.2, 0.25) is 0 Å². The molecule has 0 aromatic heterocycles. The van der Waals surface area contributed by atoms with E-state index in [1.807, 2.05) is 43.3 Å². The molecule has 3 amide bonds. The van der Waals surface area contributed by atoms with Gasteiger partial charge in [0.15, 0.2) is 6.10 Å². The van der Waals surface area contributed by atoms with Crippen LogP contribution in [0.5, 0.6) is 0 Å². The van der Waals surface area contributed by atoms with E-state index in [-0.39, 0.29) is 48.6 Å². The number of carbonyl (C=O) groups excluding carboxylic acids is 4. The van der Waals surface area contributed by atoms with Crippen molar-refractivity contribution in [2.75, 3.05) is 11.4 Å². The van der Waals surface area contributed by atoms with Crippen molar-refractivity contribution in [1.29, 1.82) is 0 Å². The van der Waals surface area contributed by atoms with Gasteiger partial charge in [-0.1, -0.05) is 30.4 Å². The Balaban J connectivity index is 1.33. The minimum Gasteiger partial charge on any atom is -0.452 e. The van der Waals surface area contributed by atoms with Crippen LogP contribution in [0.15, 0.2) is 36.4 Å². The summed E-state index contributed by atoms with van der Waals surface area (Å²) in [7, 11) is 0. The molecule has 1 aromatic carbocycles. The number of esters is 1. The Morgan fingerprint density at radius 3 is 2.40 bits per heavy atom. The monoisotopic (exact) mass is 410 g/mol. The topological polar surface area (TPSA) is 84.0 Å². The van der Waals surface area contributed by atoms with Crippen molar-refractivity contribution in [2.24, 2.45) is 11.8 Å². The minimum atomic E-state index is -0.942. The Bertz CT molecular complexity index is 898. The van der Waals surface area contributed by atoms with E-state index in [1.54, 1.807) is 11.8 Å². The molecule has 1 saturated heterocycles. The smallest absolute Gasteiger partial charge is 0.308 e. The number of amides is 3. The molecular weight excluding hydrogens is 384 g/mol. The van der Waals surface area contributed by atoms with Crippen molar-refractivity contribution in [1.82, 2.24) is 4.90 Å². The van der Waals surface area contributed by atoms with Crippen molar-refractivity contribution in [3.05, 3.63) is 42.0 Å². The highest BCUT2D eigenvalue weighted by Gasteiger charge is 2.47. The molecule has 4 rings (SSSR count). The fourth-order valence-corrected chi connectivity index (χ4v) is 4.70. The number of anilines is 1. The molecule has 1 fully saturated rings. The van der Waals surface area contributed by atoms with Crippen LogP contribution in [-0.2, 0) is 30.3 Å². The standard InChI is InChI=1S/C23H26N2O5/c1-14-13-16-7-3-6-10-19(16)25(14)21(27)15(2)30-20(26)11-12-24-22(28)17-8-4-5-9-18(17)23(24)29/h3-7,10,14-15,17-18H,8-9,11-13H2,1-2H3/t14-,15+,17-,18+/m0/s1. The van der Waals surface area contributed by atoms with Gasteiger partial charge in [0.1, 0.15) is 0 Å². The van der Waals surface area contributed by atoms with E-state index in [2.05, 4.69) is 0 Å². The SMILES string of the molecule is C[C@@H](OC(=O)CCN1C(=O)[C@H]2CC=CC[C@H]2C1=O)C(=O)N1c2ccccc2C[C@@H]1C. The summed E-state index contributed by atoms with van der Waals surface area (Å²) in [6.45, 7) is 3.51. The number of imide groups is 1. The van der Waals surface area contributed by atoms with E-state index < -0.39 is 12.1 Å². The molecule has 158 valence electrons.